The van der Waals surface area contributed by atoms with Crippen molar-refractivity contribution >= 4 is 6.29 Å². The lowest BCUT2D eigenvalue weighted by Gasteiger charge is -2.14. The van der Waals surface area contributed by atoms with Crippen LogP contribution in [0.4, 0.5) is 8.78 Å². The number of aldehydes is 1. The third kappa shape index (κ3) is 0.843. The molecule has 3 nitrogen and oxygen atoms in total. The van der Waals surface area contributed by atoms with Gasteiger partial charge in [-0.15, -0.1) is 0 Å². The number of H-pyrrole nitrogens is 1. The summed E-state index contributed by atoms with van der Waals surface area (Å²) in [6.45, 7) is 1.60. The third-order valence-electron chi connectivity index (χ3n) is 3.93. The van der Waals surface area contributed by atoms with Gasteiger partial charge in [0, 0.05) is 29.0 Å². The highest BCUT2D eigenvalue weighted by Gasteiger charge is 2.78. The van der Waals surface area contributed by atoms with Crippen molar-refractivity contribution in [1.29, 1.82) is 0 Å². The first-order valence-corrected chi connectivity index (χ1v) is 4.90. The molecule has 15 heavy (non-hydrogen) atoms. The van der Waals surface area contributed by atoms with Gasteiger partial charge in [0.25, 0.3) is 5.92 Å². The Kier molecular flexibility index (Phi) is 1.37. The maximum absolute atomic E-state index is 13.4. The number of hydrogen-bond donors (Lipinski definition) is 1. The van der Waals surface area contributed by atoms with Gasteiger partial charge in [-0.1, -0.05) is 6.92 Å². The standard InChI is InChI=1S/C10H10F2N2O/c1-9-3-6-5(7(4-15)14-13-6)2-8(9)10(9,11)12/h4,8H,2-3H2,1H3,(H,13,14)/t8?,9-/m1/s1. The van der Waals surface area contributed by atoms with Gasteiger partial charge < -0.3 is 0 Å². The Morgan fingerprint density at radius 3 is 3.00 bits per heavy atom. The van der Waals surface area contributed by atoms with E-state index >= 15 is 0 Å². The van der Waals surface area contributed by atoms with Crippen LogP contribution in [0.1, 0.15) is 28.7 Å². The number of nitrogens with one attached hydrogen (secondary N) is 1. The number of fused-ring (bicyclic) bond motifs is 2. The Labute approximate surface area is 84.9 Å². The van der Waals surface area contributed by atoms with Gasteiger partial charge in [-0.05, 0) is 6.42 Å². The summed E-state index contributed by atoms with van der Waals surface area (Å²) in [7, 11) is 0. The molecule has 1 aromatic rings. The van der Waals surface area contributed by atoms with Gasteiger partial charge in [-0.25, -0.2) is 8.78 Å². The molecule has 1 N–H and O–H groups in total. The zero-order valence-electron chi connectivity index (χ0n) is 8.18. The average Bonchev–Trinajstić information content (AvgIpc) is 2.53. The summed E-state index contributed by atoms with van der Waals surface area (Å²) in [4.78, 5) is 10.6. The molecule has 80 valence electrons. The predicted molar refractivity (Wildman–Crippen MR) is 47.9 cm³/mol. The summed E-state index contributed by atoms with van der Waals surface area (Å²) in [5.41, 5.74) is 0.750. The fourth-order valence-corrected chi connectivity index (χ4v) is 2.73. The molecule has 0 radical (unpaired) electrons. The van der Waals surface area contributed by atoms with Crippen LogP contribution in [0.15, 0.2) is 0 Å². The number of carbonyl (C=O) groups excluding carboxylic acids is 1. The van der Waals surface area contributed by atoms with E-state index in [0.717, 1.165) is 0 Å². The molecule has 1 fully saturated rings. The molecule has 0 spiro atoms. The van der Waals surface area contributed by atoms with Gasteiger partial charge in [0.05, 0.1) is 0 Å². The van der Waals surface area contributed by atoms with E-state index in [1.807, 2.05) is 0 Å². The number of aromatic amines is 1. The number of alkyl halides is 2. The molecular weight excluding hydrogens is 202 g/mol. The van der Waals surface area contributed by atoms with Crippen LogP contribution in [0.2, 0.25) is 0 Å². The lowest BCUT2D eigenvalue weighted by atomic mass is 9.88. The lowest BCUT2D eigenvalue weighted by Crippen LogP contribution is -2.14. The largest absolute Gasteiger partial charge is 0.296 e. The minimum absolute atomic E-state index is 0.267. The number of rotatable bonds is 1. The predicted octanol–water partition coefficient (Wildman–Crippen LogP) is 1.59. The molecule has 2 aliphatic carbocycles. The highest BCUT2D eigenvalue weighted by Crippen LogP contribution is 2.70. The van der Waals surface area contributed by atoms with Crippen LogP contribution in [-0.4, -0.2) is 22.4 Å². The maximum Gasteiger partial charge on any atom is 0.258 e. The van der Waals surface area contributed by atoms with Crippen molar-refractivity contribution in [2.75, 3.05) is 0 Å². The first kappa shape index (κ1) is 9.00. The minimum atomic E-state index is -2.59. The van der Waals surface area contributed by atoms with E-state index in [1.54, 1.807) is 6.92 Å². The summed E-state index contributed by atoms with van der Waals surface area (Å²) in [5.74, 6) is -3.21. The second-order valence-corrected chi connectivity index (χ2v) is 4.66. The molecule has 1 aromatic heterocycles. The molecule has 0 aliphatic heterocycles. The van der Waals surface area contributed by atoms with E-state index in [4.69, 9.17) is 0 Å². The molecule has 3 rings (SSSR count). The molecule has 2 atom stereocenters. The quantitative estimate of drug-likeness (QED) is 0.718. The van der Waals surface area contributed by atoms with Crippen molar-refractivity contribution in [1.82, 2.24) is 10.2 Å². The van der Waals surface area contributed by atoms with Gasteiger partial charge in [0.15, 0.2) is 6.29 Å². The molecular formula is C10H10F2N2O. The zero-order valence-corrected chi connectivity index (χ0v) is 8.18. The molecule has 0 aromatic carbocycles. The Morgan fingerprint density at radius 2 is 2.33 bits per heavy atom. The third-order valence-corrected chi connectivity index (χ3v) is 3.93. The molecule has 1 saturated carbocycles. The van der Waals surface area contributed by atoms with Crippen LogP contribution < -0.4 is 0 Å². The molecule has 1 heterocycles. The Hall–Kier alpha value is -1.26. The van der Waals surface area contributed by atoms with E-state index in [9.17, 15) is 13.6 Å². The first-order valence-electron chi connectivity index (χ1n) is 4.90. The van der Waals surface area contributed by atoms with Crippen LogP contribution in [0, 0.1) is 11.3 Å². The maximum atomic E-state index is 13.4. The summed E-state index contributed by atoms with van der Waals surface area (Å²) >= 11 is 0. The Balaban J connectivity index is 2.05. The first-order chi connectivity index (χ1) is 7.00. The molecule has 5 heteroatoms. The summed E-state index contributed by atoms with van der Waals surface area (Å²) in [6.07, 6.45) is 1.18. The SMILES string of the molecule is C[C@@]12Cc3[nH]nc(C=O)c3CC1C2(F)F. The molecule has 1 unspecified atom stereocenters. The monoisotopic (exact) mass is 212 g/mol. The summed E-state index contributed by atoms with van der Waals surface area (Å²) in [6, 6.07) is 0. The normalized spacial score (nSPS) is 35.5. The van der Waals surface area contributed by atoms with Crippen molar-refractivity contribution in [2.24, 2.45) is 11.3 Å². The number of nitrogens with zero attached hydrogens (tertiary/aromatic N) is 1. The van der Waals surface area contributed by atoms with Gasteiger partial charge in [-0.3, -0.25) is 9.89 Å². The van der Waals surface area contributed by atoms with Crippen LogP contribution in [0.3, 0.4) is 0 Å². The van der Waals surface area contributed by atoms with Crippen molar-refractivity contribution in [3.63, 3.8) is 0 Å². The second kappa shape index (κ2) is 2.28. The second-order valence-electron chi connectivity index (χ2n) is 4.66. The number of carbonyl (C=O) groups is 1. The van der Waals surface area contributed by atoms with E-state index in [1.165, 1.54) is 0 Å². The molecule has 0 amide bonds. The zero-order chi connectivity index (χ0) is 10.8. The van der Waals surface area contributed by atoms with Crippen LogP contribution >= 0.6 is 0 Å². The van der Waals surface area contributed by atoms with Gasteiger partial charge in [0.2, 0.25) is 0 Å². The Morgan fingerprint density at radius 1 is 1.60 bits per heavy atom. The Bertz CT molecular complexity index is 454. The summed E-state index contributed by atoms with van der Waals surface area (Å²) in [5, 5.41) is 6.49. The van der Waals surface area contributed by atoms with Crippen molar-refractivity contribution in [3.05, 3.63) is 17.0 Å². The minimum Gasteiger partial charge on any atom is -0.296 e. The number of aromatic nitrogens is 2. The van der Waals surface area contributed by atoms with Gasteiger partial charge in [0.1, 0.15) is 5.69 Å². The highest BCUT2D eigenvalue weighted by molar-refractivity contribution is 5.75. The average molecular weight is 212 g/mol. The van der Waals surface area contributed by atoms with Gasteiger partial charge >= 0.3 is 0 Å². The van der Waals surface area contributed by atoms with E-state index in [-0.39, 0.29) is 12.1 Å². The molecule has 0 bridgehead atoms. The lowest BCUT2D eigenvalue weighted by molar-refractivity contribution is 0.0631. The van der Waals surface area contributed by atoms with E-state index in [0.29, 0.717) is 24.0 Å². The number of hydrogen-bond acceptors (Lipinski definition) is 2. The van der Waals surface area contributed by atoms with Crippen molar-refractivity contribution in [3.8, 4) is 0 Å². The smallest absolute Gasteiger partial charge is 0.258 e. The number of halogens is 2. The van der Waals surface area contributed by atoms with E-state index in [2.05, 4.69) is 10.2 Å². The fraction of sp³-hybridized carbons (Fsp3) is 0.600. The summed E-state index contributed by atoms with van der Waals surface area (Å²) < 4.78 is 26.9. The topological polar surface area (TPSA) is 45.8 Å². The van der Waals surface area contributed by atoms with Crippen LogP contribution in [0.25, 0.3) is 0 Å². The van der Waals surface area contributed by atoms with Crippen molar-refractivity contribution < 1.29 is 13.6 Å². The van der Waals surface area contributed by atoms with Crippen LogP contribution in [-0.2, 0) is 12.8 Å². The van der Waals surface area contributed by atoms with Crippen LogP contribution in [0.5, 0.6) is 0 Å². The highest BCUT2D eigenvalue weighted by atomic mass is 19.3. The fourth-order valence-electron chi connectivity index (χ4n) is 2.73. The van der Waals surface area contributed by atoms with Gasteiger partial charge in [-0.2, -0.15) is 5.10 Å². The van der Waals surface area contributed by atoms with Crippen molar-refractivity contribution in [2.45, 2.75) is 25.7 Å². The molecule has 2 aliphatic rings. The molecule has 0 saturated heterocycles. The van der Waals surface area contributed by atoms with E-state index < -0.39 is 17.3 Å².